The summed E-state index contributed by atoms with van der Waals surface area (Å²) < 4.78 is 30.5. The van der Waals surface area contributed by atoms with E-state index in [1.807, 2.05) is 26.0 Å². The topological polar surface area (TPSA) is 55.7 Å². The largest absolute Gasteiger partial charge is 0.378 e. The lowest BCUT2D eigenvalue weighted by molar-refractivity contribution is 0.485. The van der Waals surface area contributed by atoms with Crippen molar-refractivity contribution in [2.75, 3.05) is 0 Å². The molecule has 0 heterocycles. The van der Waals surface area contributed by atoms with Crippen molar-refractivity contribution in [3.05, 3.63) is 88.4 Å². The molecule has 27 heavy (non-hydrogen) atoms. The van der Waals surface area contributed by atoms with Gasteiger partial charge in [-0.2, -0.15) is 8.42 Å². The minimum absolute atomic E-state index is 0.102. The van der Waals surface area contributed by atoms with Crippen molar-refractivity contribution in [1.82, 2.24) is 0 Å². The molecular weight excluding hydrogens is 382 g/mol. The van der Waals surface area contributed by atoms with Crippen LogP contribution in [0, 0.1) is 13.8 Å². The maximum atomic E-state index is 12.6. The van der Waals surface area contributed by atoms with Crippen molar-refractivity contribution in [3.63, 3.8) is 0 Å². The van der Waals surface area contributed by atoms with Gasteiger partial charge in [-0.1, -0.05) is 47.5 Å². The summed E-state index contributed by atoms with van der Waals surface area (Å²) in [5, 5.41) is 0.621. The molecule has 4 nitrogen and oxygen atoms in total. The van der Waals surface area contributed by atoms with E-state index in [1.165, 1.54) is 12.1 Å². The van der Waals surface area contributed by atoms with Crippen molar-refractivity contribution < 1.29 is 12.6 Å². The molecule has 0 saturated heterocycles. The third-order valence-electron chi connectivity index (χ3n) is 4.01. The highest BCUT2D eigenvalue weighted by Crippen LogP contribution is 2.27. The highest BCUT2D eigenvalue weighted by molar-refractivity contribution is 7.87. The number of hydrogen-bond acceptors (Lipinski definition) is 4. The van der Waals surface area contributed by atoms with Gasteiger partial charge in [-0.05, 0) is 55.8 Å². The Morgan fingerprint density at radius 3 is 2.37 bits per heavy atom. The van der Waals surface area contributed by atoms with Crippen LogP contribution in [0.1, 0.15) is 16.7 Å². The molecule has 3 aromatic rings. The van der Waals surface area contributed by atoms with Crippen molar-refractivity contribution >= 4 is 33.6 Å². The number of halogens is 1. The number of nitrogens with zero attached hydrogens (tertiary/aromatic N) is 1. The van der Waals surface area contributed by atoms with Crippen molar-refractivity contribution in [2.24, 2.45) is 4.99 Å². The minimum Gasteiger partial charge on any atom is -0.378 e. The summed E-state index contributed by atoms with van der Waals surface area (Å²) in [5.41, 5.74) is 3.07. The van der Waals surface area contributed by atoms with Gasteiger partial charge in [0.2, 0.25) is 0 Å². The molecule has 138 valence electrons. The lowest BCUT2D eigenvalue weighted by Gasteiger charge is -2.09. The lowest BCUT2D eigenvalue weighted by atomic mass is 10.2. The first-order chi connectivity index (χ1) is 12.9. The minimum atomic E-state index is -3.93. The molecule has 0 atom stereocenters. The molecule has 0 N–H and O–H groups in total. The molecule has 6 heteroatoms. The van der Waals surface area contributed by atoms with Crippen LogP contribution in [0.3, 0.4) is 0 Å². The van der Waals surface area contributed by atoms with E-state index in [2.05, 4.69) is 4.99 Å². The lowest BCUT2D eigenvalue weighted by Crippen LogP contribution is -2.10. The Morgan fingerprint density at radius 2 is 1.63 bits per heavy atom. The van der Waals surface area contributed by atoms with E-state index in [1.54, 1.807) is 48.7 Å². The number of aryl methyl sites for hydroxylation is 1. The molecule has 0 bridgehead atoms. The van der Waals surface area contributed by atoms with Gasteiger partial charge in [-0.25, -0.2) is 0 Å². The number of aliphatic imine (C=N–C) groups is 1. The van der Waals surface area contributed by atoms with Crippen LogP contribution in [0.15, 0.2) is 76.6 Å². The monoisotopic (exact) mass is 399 g/mol. The van der Waals surface area contributed by atoms with Gasteiger partial charge in [0, 0.05) is 16.8 Å². The summed E-state index contributed by atoms with van der Waals surface area (Å²) in [6.07, 6.45) is 1.57. The first-order valence-electron chi connectivity index (χ1n) is 8.26. The van der Waals surface area contributed by atoms with Crippen LogP contribution in [0.25, 0.3) is 0 Å². The molecule has 0 spiro atoms. The van der Waals surface area contributed by atoms with Gasteiger partial charge in [0.05, 0.1) is 5.69 Å². The Bertz CT molecular complexity index is 1090. The Balaban J connectivity index is 1.91. The summed E-state index contributed by atoms with van der Waals surface area (Å²) >= 11 is 6.11. The van der Waals surface area contributed by atoms with Gasteiger partial charge in [0.1, 0.15) is 4.90 Å². The van der Waals surface area contributed by atoms with Gasteiger partial charge < -0.3 is 4.18 Å². The van der Waals surface area contributed by atoms with Crippen molar-refractivity contribution in [3.8, 4) is 5.75 Å². The van der Waals surface area contributed by atoms with E-state index in [4.69, 9.17) is 15.8 Å². The predicted molar refractivity (Wildman–Crippen MR) is 109 cm³/mol. The smallest absolute Gasteiger partial charge is 0.339 e. The quantitative estimate of drug-likeness (QED) is 0.422. The fourth-order valence-corrected chi connectivity index (χ4v) is 3.53. The number of hydrogen-bond donors (Lipinski definition) is 0. The molecule has 0 saturated carbocycles. The number of para-hydroxylation sites is 1. The number of benzene rings is 3. The third kappa shape index (κ3) is 4.56. The van der Waals surface area contributed by atoms with Gasteiger partial charge in [-0.3, -0.25) is 4.99 Å². The summed E-state index contributed by atoms with van der Waals surface area (Å²) in [6, 6.07) is 18.8. The van der Waals surface area contributed by atoms with Crippen LogP contribution < -0.4 is 4.18 Å². The standard InChI is InChI=1S/C21H18ClNO3S/c1-15-10-12-18(13-11-15)27(24,25)26-21-9-4-3-6-17(21)14-23-20-8-5-7-19(22)16(20)2/h3-14H,1-2H3. The molecule has 3 aromatic carbocycles. The first-order valence-corrected chi connectivity index (χ1v) is 10.0. The molecule has 0 aromatic heterocycles. The highest BCUT2D eigenvalue weighted by atomic mass is 35.5. The fourth-order valence-electron chi connectivity index (χ4n) is 2.41. The Labute approximate surface area is 164 Å². The Hall–Kier alpha value is -2.63. The molecule has 0 fully saturated rings. The van der Waals surface area contributed by atoms with Crippen LogP contribution in [-0.4, -0.2) is 14.6 Å². The average molecular weight is 400 g/mol. The molecule has 0 aliphatic rings. The van der Waals surface area contributed by atoms with Gasteiger partial charge in [0.15, 0.2) is 5.75 Å². The molecule has 0 amide bonds. The zero-order valence-electron chi connectivity index (χ0n) is 14.9. The summed E-state index contributed by atoms with van der Waals surface area (Å²) in [5.74, 6) is 0.210. The first kappa shape index (κ1) is 19.1. The molecule has 0 aliphatic heterocycles. The maximum absolute atomic E-state index is 12.6. The Kier molecular flexibility index (Phi) is 5.63. The van der Waals surface area contributed by atoms with E-state index in [9.17, 15) is 8.42 Å². The van der Waals surface area contributed by atoms with Gasteiger partial charge in [-0.15, -0.1) is 0 Å². The molecule has 3 rings (SSSR count). The molecule has 0 radical (unpaired) electrons. The van der Waals surface area contributed by atoms with Gasteiger partial charge >= 0.3 is 10.1 Å². The van der Waals surface area contributed by atoms with Crippen molar-refractivity contribution in [2.45, 2.75) is 18.7 Å². The summed E-state index contributed by atoms with van der Waals surface area (Å²) in [7, 11) is -3.93. The molecule has 0 aliphatic carbocycles. The second-order valence-electron chi connectivity index (χ2n) is 6.03. The normalized spacial score (nSPS) is 11.7. The average Bonchev–Trinajstić information content (AvgIpc) is 2.64. The van der Waals surface area contributed by atoms with E-state index in [0.29, 0.717) is 16.3 Å². The predicted octanol–water partition coefficient (Wildman–Crippen LogP) is 5.48. The number of rotatable bonds is 5. The van der Waals surface area contributed by atoms with Crippen LogP contribution in [0.5, 0.6) is 5.75 Å². The summed E-state index contributed by atoms with van der Waals surface area (Å²) in [4.78, 5) is 4.53. The van der Waals surface area contributed by atoms with E-state index in [0.717, 1.165) is 11.1 Å². The third-order valence-corrected chi connectivity index (χ3v) is 5.67. The highest BCUT2D eigenvalue weighted by Gasteiger charge is 2.17. The maximum Gasteiger partial charge on any atom is 0.339 e. The second kappa shape index (κ2) is 7.94. The molecule has 0 unspecified atom stereocenters. The Morgan fingerprint density at radius 1 is 0.926 bits per heavy atom. The fraction of sp³-hybridized carbons (Fsp3) is 0.0952. The van der Waals surface area contributed by atoms with E-state index < -0.39 is 10.1 Å². The zero-order valence-corrected chi connectivity index (χ0v) is 16.5. The van der Waals surface area contributed by atoms with Crippen LogP contribution in [0.4, 0.5) is 5.69 Å². The van der Waals surface area contributed by atoms with Crippen LogP contribution in [-0.2, 0) is 10.1 Å². The zero-order chi connectivity index (χ0) is 19.4. The second-order valence-corrected chi connectivity index (χ2v) is 7.98. The van der Waals surface area contributed by atoms with Crippen LogP contribution in [0.2, 0.25) is 5.02 Å². The summed E-state index contributed by atoms with van der Waals surface area (Å²) in [6.45, 7) is 3.76. The molecular formula is C21H18ClNO3S. The van der Waals surface area contributed by atoms with E-state index in [-0.39, 0.29) is 10.6 Å². The van der Waals surface area contributed by atoms with E-state index >= 15 is 0 Å². The van der Waals surface area contributed by atoms with Crippen LogP contribution >= 0.6 is 11.6 Å². The van der Waals surface area contributed by atoms with Gasteiger partial charge in [0.25, 0.3) is 0 Å². The SMILES string of the molecule is Cc1ccc(S(=O)(=O)Oc2ccccc2C=Nc2cccc(Cl)c2C)cc1. The van der Waals surface area contributed by atoms with Crippen molar-refractivity contribution in [1.29, 1.82) is 0 Å².